The standard InChI is InChI=1S/C29H33N5OS/c1-4-26(33(2)3)28-31-32-29(34(28)20-23-15-9-6-10-16-23)36-21-27(35)30-25-18-12-11-17-24(25)19-22-13-7-5-8-14-22/h5-18,26H,4,19-21H2,1-3H3,(H,30,35). The van der Waals surface area contributed by atoms with E-state index in [9.17, 15) is 4.79 Å². The number of para-hydroxylation sites is 1. The van der Waals surface area contributed by atoms with Crippen molar-refractivity contribution >= 4 is 23.4 Å². The first-order valence-corrected chi connectivity index (χ1v) is 13.2. The molecule has 0 aliphatic rings. The van der Waals surface area contributed by atoms with Gasteiger partial charge in [-0.05, 0) is 49.7 Å². The van der Waals surface area contributed by atoms with Crippen LogP contribution in [0.3, 0.4) is 0 Å². The van der Waals surface area contributed by atoms with Gasteiger partial charge in [0.25, 0.3) is 0 Å². The van der Waals surface area contributed by atoms with Crippen molar-refractivity contribution in [3.05, 3.63) is 107 Å². The minimum atomic E-state index is -0.0593. The summed E-state index contributed by atoms with van der Waals surface area (Å²) in [6.45, 7) is 2.82. The van der Waals surface area contributed by atoms with Crippen LogP contribution in [0.5, 0.6) is 0 Å². The van der Waals surface area contributed by atoms with E-state index in [0.29, 0.717) is 6.54 Å². The highest BCUT2D eigenvalue weighted by atomic mass is 32.2. The molecule has 0 spiro atoms. The molecular weight excluding hydrogens is 466 g/mol. The normalized spacial score (nSPS) is 12.0. The Morgan fingerprint density at radius 3 is 2.22 bits per heavy atom. The Bertz CT molecular complexity index is 1260. The topological polar surface area (TPSA) is 63.1 Å². The van der Waals surface area contributed by atoms with Crippen LogP contribution in [0.1, 0.15) is 41.9 Å². The Balaban J connectivity index is 1.48. The van der Waals surface area contributed by atoms with Gasteiger partial charge in [-0.3, -0.25) is 9.69 Å². The maximum Gasteiger partial charge on any atom is 0.234 e. The lowest BCUT2D eigenvalue weighted by Gasteiger charge is -2.23. The fourth-order valence-corrected chi connectivity index (χ4v) is 5.02. The maximum absolute atomic E-state index is 13.0. The SMILES string of the molecule is CCC(c1nnc(SCC(=O)Nc2ccccc2Cc2ccccc2)n1Cc1ccccc1)N(C)C. The largest absolute Gasteiger partial charge is 0.325 e. The van der Waals surface area contributed by atoms with Gasteiger partial charge in [-0.15, -0.1) is 10.2 Å². The molecule has 0 aliphatic carbocycles. The van der Waals surface area contributed by atoms with E-state index in [4.69, 9.17) is 0 Å². The van der Waals surface area contributed by atoms with Crippen molar-refractivity contribution in [1.82, 2.24) is 19.7 Å². The Morgan fingerprint density at radius 1 is 0.917 bits per heavy atom. The molecule has 0 aliphatic heterocycles. The molecule has 36 heavy (non-hydrogen) atoms. The summed E-state index contributed by atoms with van der Waals surface area (Å²) >= 11 is 1.42. The minimum Gasteiger partial charge on any atom is -0.325 e. The maximum atomic E-state index is 13.0. The first-order chi connectivity index (χ1) is 17.5. The van der Waals surface area contributed by atoms with Crippen LogP contribution in [-0.2, 0) is 17.8 Å². The van der Waals surface area contributed by atoms with E-state index >= 15 is 0 Å². The second kappa shape index (κ2) is 12.5. The number of aromatic nitrogens is 3. The number of hydrogen-bond acceptors (Lipinski definition) is 5. The third-order valence-corrected chi connectivity index (χ3v) is 7.07. The fraction of sp³-hybridized carbons (Fsp3) is 0.276. The summed E-state index contributed by atoms with van der Waals surface area (Å²) < 4.78 is 2.14. The Morgan fingerprint density at radius 2 is 1.56 bits per heavy atom. The van der Waals surface area contributed by atoms with Crippen LogP contribution in [0.2, 0.25) is 0 Å². The average molecular weight is 500 g/mol. The molecule has 0 fully saturated rings. The van der Waals surface area contributed by atoms with Crippen molar-refractivity contribution < 1.29 is 4.79 Å². The molecule has 0 saturated heterocycles. The minimum absolute atomic E-state index is 0.0593. The summed E-state index contributed by atoms with van der Waals surface area (Å²) in [7, 11) is 4.12. The number of anilines is 1. The Hall–Kier alpha value is -3.42. The second-order valence-corrected chi connectivity index (χ2v) is 9.90. The molecule has 186 valence electrons. The van der Waals surface area contributed by atoms with Gasteiger partial charge in [0, 0.05) is 5.69 Å². The predicted octanol–water partition coefficient (Wildman–Crippen LogP) is 5.66. The number of amides is 1. The fourth-order valence-electron chi connectivity index (χ4n) is 4.28. The van der Waals surface area contributed by atoms with Gasteiger partial charge >= 0.3 is 0 Å². The van der Waals surface area contributed by atoms with Crippen molar-refractivity contribution in [2.45, 2.75) is 37.5 Å². The van der Waals surface area contributed by atoms with Gasteiger partial charge in [0.1, 0.15) is 0 Å². The molecule has 4 aromatic rings. The van der Waals surface area contributed by atoms with E-state index in [1.165, 1.54) is 22.9 Å². The molecule has 0 saturated carbocycles. The number of thioether (sulfide) groups is 1. The van der Waals surface area contributed by atoms with E-state index in [1.807, 2.05) is 54.6 Å². The number of benzene rings is 3. The highest BCUT2D eigenvalue weighted by Crippen LogP contribution is 2.27. The van der Waals surface area contributed by atoms with E-state index < -0.39 is 0 Å². The molecule has 1 aromatic heterocycles. The first kappa shape index (κ1) is 25.7. The smallest absolute Gasteiger partial charge is 0.234 e. The van der Waals surface area contributed by atoms with E-state index in [2.05, 4.69) is 76.3 Å². The highest BCUT2D eigenvalue weighted by molar-refractivity contribution is 7.99. The van der Waals surface area contributed by atoms with Gasteiger partial charge in [-0.2, -0.15) is 0 Å². The third-order valence-electron chi connectivity index (χ3n) is 6.10. The van der Waals surface area contributed by atoms with Crippen LogP contribution >= 0.6 is 11.8 Å². The van der Waals surface area contributed by atoms with Crippen LogP contribution < -0.4 is 5.32 Å². The molecule has 6 nitrogen and oxygen atoms in total. The Labute approximate surface area is 217 Å². The number of nitrogens with one attached hydrogen (secondary N) is 1. The van der Waals surface area contributed by atoms with Crippen molar-refractivity contribution in [2.24, 2.45) is 0 Å². The molecule has 1 heterocycles. The van der Waals surface area contributed by atoms with Crippen LogP contribution in [-0.4, -0.2) is 45.4 Å². The lowest BCUT2D eigenvalue weighted by molar-refractivity contribution is -0.113. The number of carbonyl (C=O) groups excluding carboxylic acids is 1. The molecule has 1 unspecified atom stereocenters. The van der Waals surface area contributed by atoms with Crippen molar-refractivity contribution in [2.75, 3.05) is 25.2 Å². The lowest BCUT2D eigenvalue weighted by Crippen LogP contribution is -2.23. The van der Waals surface area contributed by atoms with Gasteiger partial charge in [0.15, 0.2) is 11.0 Å². The number of rotatable bonds is 11. The molecule has 1 N–H and O–H groups in total. The van der Waals surface area contributed by atoms with Crippen molar-refractivity contribution in [3.63, 3.8) is 0 Å². The van der Waals surface area contributed by atoms with Gasteiger partial charge in [-0.25, -0.2) is 0 Å². The zero-order valence-electron chi connectivity index (χ0n) is 21.1. The zero-order valence-corrected chi connectivity index (χ0v) is 21.9. The highest BCUT2D eigenvalue weighted by Gasteiger charge is 2.22. The first-order valence-electron chi connectivity index (χ1n) is 12.2. The average Bonchev–Trinajstić information content (AvgIpc) is 3.27. The summed E-state index contributed by atoms with van der Waals surface area (Å²) in [5.74, 6) is 1.11. The van der Waals surface area contributed by atoms with Gasteiger partial charge in [-0.1, -0.05) is 97.5 Å². The quantitative estimate of drug-likeness (QED) is 0.270. The molecule has 1 amide bonds. The van der Waals surface area contributed by atoms with Crippen LogP contribution in [0.4, 0.5) is 5.69 Å². The van der Waals surface area contributed by atoms with Gasteiger partial charge in [0.2, 0.25) is 5.91 Å². The number of carbonyl (C=O) groups is 1. The lowest BCUT2D eigenvalue weighted by atomic mass is 10.0. The monoisotopic (exact) mass is 499 g/mol. The molecular formula is C29H33N5OS. The predicted molar refractivity (Wildman–Crippen MR) is 147 cm³/mol. The molecule has 4 rings (SSSR count). The Kier molecular flexibility index (Phi) is 8.92. The molecule has 0 radical (unpaired) electrons. The summed E-state index contributed by atoms with van der Waals surface area (Å²) in [5.41, 5.74) is 4.32. The third kappa shape index (κ3) is 6.62. The summed E-state index contributed by atoms with van der Waals surface area (Å²) in [4.78, 5) is 15.1. The van der Waals surface area contributed by atoms with E-state index in [1.54, 1.807) is 0 Å². The second-order valence-electron chi connectivity index (χ2n) is 8.96. The summed E-state index contributed by atoms with van der Waals surface area (Å²) in [6.07, 6.45) is 1.69. The van der Waals surface area contributed by atoms with E-state index in [0.717, 1.165) is 35.1 Å². The zero-order chi connectivity index (χ0) is 25.3. The van der Waals surface area contributed by atoms with Crippen LogP contribution in [0.25, 0.3) is 0 Å². The van der Waals surface area contributed by atoms with E-state index in [-0.39, 0.29) is 17.7 Å². The van der Waals surface area contributed by atoms with Gasteiger partial charge in [0.05, 0.1) is 18.3 Å². The van der Waals surface area contributed by atoms with Crippen molar-refractivity contribution in [1.29, 1.82) is 0 Å². The number of hydrogen-bond donors (Lipinski definition) is 1. The number of nitrogens with zero attached hydrogens (tertiary/aromatic N) is 4. The summed E-state index contributed by atoms with van der Waals surface area (Å²) in [5, 5.41) is 12.9. The van der Waals surface area contributed by atoms with Crippen molar-refractivity contribution in [3.8, 4) is 0 Å². The molecule has 0 bridgehead atoms. The molecule has 3 aromatic carbocycles. The van der Waals surface area contributed by atoms with Crippen LogP contribution in [0.15, 0.2) is 90.1 Å². The van der Waals surface area contributed by atoms with Gasteiger partial charge < -0.3 is 9.88 Å². The summed E-state index contributed by atoms with van der Waals surface area (Å²) in [6, 6.07) is 28.7. The molecule has 7 heteroatoms. The van der Waals surface area contributed by atoms with Crippen LogP contribution in [0, 0.1) is 0 Å². The molecule has 1 atom stereocenters.